The summed E-state index contributed by atoms with van der Waals surface area (Å²) in [6, 6.07) is 11.4. The minimum absolute atomic E-state index is 0.0453. The molecule has 1 N–H and O–H groups in total. The van der Waals surface area contributed by atoms with Gasteiger partial charge >= 0.3 is 0 Å². The minimum Gasteiger partial charge on any atom is -0.338 e. The molecule has 3 aromatic rings. The lowest BCUT2D eigenvalue weighted by atomic mass is 10.0. The Labute approximate surface area is 151 Å². The molecule has 0 atom stereocenters. The third kappa shape index (κ3) is 3.52. The molecule has 0 spiro atoms. The van der Waals surface area contributed by atoms with Gasteiger partial charge in [0.05, 0.1) is 5.52 Å². The molecular formula is C21H21FN2O2. The van der Waals surface area contributed by atoms with E-state index in [1.165, 1.54) is 24.3 Å². The number of carbonyl (C=O) groups is 1. The number of fused-ring (bicyclic) bond motifs is 1. The molecule has 0 fully saturated rings. The van der Waals surface area contributed by atoms with Crippen LogP contribution in [-0.4, -0.2) is 10.5 Å². The second-order valence-corrected chi connectivity index (χ2v) is 6.18. The van der Waals surface area contributed by atoms with Crippen molar-refractivity contribution in [2.45, 2.75) is 33.2 Å². The van der Waals surface area contributed by atoms with Crippen molar-refractivity contribution in [2.75, 3.05) is 5.32 Å². The maximum Gasteiger partial charge on any atom is 0.244 e. The summed E-state index contributed by atoms with van der Waals surface area (Å²) >= 11 is 0. The third-order valence-corrected chi connectivity index (χ3v) is 4.52. The molecule has 0 saturated heterocycles. The highest BCUT2D eigenvalue weighted by Crippen LogP contribution is 2.22. The van der Waals surface area contributed by atoms with Crippen molar-refractivity contribution in [3.8, 4) is 0 Å². The SMILES string of the molecule is CCc1cccc(CC)c1NC(=O)Cn1ccc(=O)c2cc(F)ccc21. The lowest BCUT2D eigenvalue weighted by molar-refractivity contribution is -0.116. The number of aromatic nitrogens is 1. The van der Waals surface area contributed by atoms with E-state index in [-0.39, 0.29) is 23.3 Å². The topological polar surface area (TPSA) is 51.1 Å². The number of carbonyl (C=O) groups excluding carboxylic acids is 1. The summed E-state index contributed by atoms with van der Waals surface area (Å²) < 4.78 is 15.1. The number of aryl methyl sites for hydroxylation is 2. The summed E-state index contributed by atoms with van der Waals surface area (Å²) in [5, 5.41) is 3.28. The number of nitrogens with zero attached hydrogens (tertiary/aromatic N) is 1. The number of benzene rings is 2. The van der Waals surface area contributed by atoms with Gasteiger partial charge in [0.1, 0.15) is 12.4 Å². The fourth-order valence-corrected chi connectivity index (χ4v) is 3.16. The number of amides is 1. The molecule has 134 valence electrons. The van der Waals surface area contributed by atoms with Gasteiger partial charge in [0.2, 0.25) is 5.91 Å². The molecule has 0 bridgehead atoms. The van der Waals surface area contributed by atoms with Gasteiger partial charge < -0.3 is 9.88 Å². The molecule has 4 nitrogen and oxygen atoms in total. The van der Waals surface area contributed by atoms with Gasteiger partial charge in [0, 0.05) is 23.3 Å². The highest BCUT2D eigenvalue weighted by atomic mass is 19.1. The highest BCUT2D eigenvalue weighted by molar-refractivity contribution is 5.93. The fourth-order valence-electron chi connectivity index (χ4n) is 3.16. The maximum atomic E-state index is 13.4. The van der Waals surface area contributed by atoms with Gasteiger partial charge in [-0.25, -0.2) is 4.39 Å². The Morgan fingerprint density at radius 3 is 2.42 bits per heavy atom. The lowest BCUT2D eigenvalue weighted by Gasteiger charge is -2.16. The molecular weight excluding hydrogens is 331 g/mol. The Hall–Kier alpha value is -2.95. The predicted molar refractivity (Wildman–Crippen MR) is 102 cm³/mol. The van der Waals surface area contributed by atoms with E-state index in [2.05, 4.69) is 5.32 Å². The van der Waals surface area contributed by atoms with Crippen molar-refractivity contribution in [1.82, 2.24) is 4.57 Å². The Kier molecular flexibility index (Phi) is 5.16. The summed E-state index contributed by atoms with van der Waals surface area (Å²) in [5.41, 5.74) is 3.31. The molecule has 5 heteroatoms. The van der Waals surface area contributed by atoms with Crippen LogP contribution in [0.4, 0.5) is 10.1 Å². The zero-order valence-electron chi connectivity index (χ0n) is 14.9. The van der Waals surface area contributed by atoms with Crippen LogP contribution < -0.4 is 10.7 Å². The van der Waals surface area contributed by atoms with E-state index in [1.807, 2.05) is 32.0 Å². The van der Waals surface area contributed by atoms with E-state index in [0.29, 0.717) is 5.52 Å². The van der Waals surface area contributed by atoms with E-state index in [0.717, 1.165) is 29.7 Å². The molecule has 0 radical (unpaired) electrons. The van der Waals surface area contributed by atoms with Crippen molar-refractivity contribution in [3.63, 3.8) is 0 Å². The fraction of sp³-hybridized carbons (Fsp3) is 0.238. The summed E-state index contributed by atoms with van der Waals surface area (Å²) in [4.78, 5) is 24.6. The average molecular weight is 352 g/mol. The summed E-state index contributed by atoms with van der Waals surface area (Å²) in [7, 11) is 0. The smallest absolute Gasteiger partial charge is 0.244 e. The first-order valence-electron chi connectivity index (χ1n) is 8.72. The van der Waals surface area contributed by atoms with Crippen LogP contribution in [0.3, 0.4) is 0 Å². The van der Waals surface area contributed by atoms with Crippen molar-refractivity contribution in [1.29, 1.82) is 0 Å². The van der Waals surface area contributed by atoms with Crippen LogP contribution in [0.25, 0.3) is 10.9 Å². The molecule has 2 aromatic carbocycles. The van der Waals surface area contributed by atoms with Gasteiger partial charge in [-0.05, 0) is 42.2 Å². The van der Waals surface area contributed by atoms with Crippen LogP contribution in [0.15, 0.2) is 53.5 Å². The average Bonchev–Trinajstić information content (AvgIpc) is 2.64. The van der Waals surface area contributed by atoms with Gasteiger partial charge in [-0.1, -0.05) is 32.0 Å². The second kappa shape index (κ2) is 7.52. The molecule has 0 aliphatic heterocycles. The van der Waals surface area contributed by atoms with Crippen LogP contribution in [0.1, 0.15) is 25.0 Å². The van der Waals surface area contributed by atoms with Crippen LogP contribution in [0, 0.1) is 5.82 Å². The first-order valence-corrected chi connectivity index (χ1v) is 8.72. The Morgan fingerprint density at radius 2 is 1.77 bits per heavy atom. The minimum atomic E-state index is -0.471. The van der Waals surface area contributed by atoms with Gasteiger partial charge in [0.15, 0.2) is 5.43 Å². The van der Waals surface area contributed by atoms with Crippen molar-refractivity contribution in [2.24, 2.45) is 0 Å². The summed E-state index contributed by atoms with van der Waals surface area (Å²) in [6.07, 6.45) is 3.21. The van der Waals surface area contributed by atoms with Gasteiger partial charge in [-0.2, -0.15) is 0 Å². The number of anilines is 1. The quantitative estimate of drug-likeness (QED) is 0.757. The van der Waals surface area contributed by atoms with Crippen LogP contribution >= 0.6 is 0 Å². The zero-order chi connectivity index (χ0) is 18.7. The normalized spacial score (nSPS) is 10.9. The van der Waals surface area contributed by atoms with E-state index >= 15 is 0 Å². The number of nitrogens with one attached hydrogen (secondary N) is 1. The lowest BCUT2D eigenvalue weighted by Crippen LogP contribution is -2.21. The molecule has 1 amide bonds. The van der Waals surface area contributed by atoms with Gasteiger partial charge in [0.25, 0.3) is 0 Å². The third-order valence-electron chi connectivity index (χ3n) is 4.52. The Bertz CT molecular complexity index is 1000. The van der Waals surface area contributed by atoms with Gasteiger partial charge in [-0.15, -0.1) is 0 Å². The molecule has 0 aliphatic carbocycles. The van der Waals surface area contributed by atoms with Crippen molar-refractivity contribution in [3.05, 3.63) is 75.8 Å². The molecule has 26 heavy (non-hydrogen) atoms. The molecule has 0 saturated carbocycles. The number of halogens is 1. The highest BCUT2D eigenvalue weighted by Gasteiger charge is 2.12. The van der Waals surface area contributed by atoms with Crippen molar-refractivity contribution < 1.29 is 9.18 Å². The van der Waals surface area contributed by atoms with Crippen molar-refractivity contribution >= 4 is 22.5 Å². The standard InChI is InChI=1S/C21H21FN2O2/c1-3-14-6-5-7-15(4-2)21(14)23-20(26)13-24-11-10-19(25)17-12-16(22)8-9-18(17)24/h5-12H,3-4,13H2,1-2H3,(H,23,26). The van der Waals surface area contributed by atoms with E-state index in [1.54, 1.807) is 10.8 Å². The Balaban J connectivity index is 1.92. The van der Waals surface area contributed by atoms with E-state index in [9.17, 15) is 14.0 Å². The first-order chi connectivity index (χ1) is 12.5. The summed E-state index contributed by atoms with van der Waals surface area (Å²) in [5.74, 6) is -0.656. The second-order valence-electron chi connectivity index (χ2n) is 6.18. The molecule has 3 rings (SSSR count). The monoisotopic (exact) mass is 352 g/mol. The number of pyridine rings is 1. The predicted octanol–water partition coefficient (Wildman–Crippen LogP) is 3.90. The van der Waals surface area contributed by atoms with Crippen LogP contribution in [0.5, 0.6) is 0 Å². The number of para-hydroxylation sites is 1. The first kappa shape index (κ1) is 17.9. The van der Waals surface area contributed by atoms with Gasteiger partial charge in [-0.3, -0.25) is 9.59 Å². The summed E-state index contributed by atoms with van der Waals surface area (Å²) in [6.45, 7) is 4.14. The van der Waals surface area contributed by atoms with Crippen LogP contribution in [0.2, 0.25) is 0 Å². The molecule has 1 aromatic heterocycles. The maximum absolute atomic E-state index is 13.4. The number of rotatable bonds is 5. The molecule has 0 unspecified atom stereocenters. The zero-order valence-corrected chi connectivity index (χ0v) is 14.9. The number of hydrogen-bond donors (Lipinski definition) is 1. The van der Waals surface area contributed by atoms with E-state index in [4.69, 9.17) is 0 Å². The van der Waals surface area contributed by atoms with Crippen LogP contribution in [-0.2, 0) is 24.2 Å². The van der Waals surface area contributed by atoms with E-state index < -0.39 is 5.82 Å². The largest absolute Gasteiger partial charge is 0.338 e. The molecule has 0 aliphatic rings. The Morgan fingerprint density at radius 1 is 1.08 bits per heavy atom. The number of hydrogen-bond acceptors (Lipinski definition) is 2. The molecule has 1 heterocycles.